The highest BCUT2D eigenvalue weighted by Crippen LogP contribution is 2.52. The first-order valence-corrected chi connectivity index (χ1v) is 8.60. The summed E-state index contributed by atoms with van der Waals surface area (Å²) >= 11 is 0. The van der Waals surface area contributed by atoms with Gasteiger partial charge in [-0.15, -0.1) is 0 Å². The fourth-order valence-corrected chi connectivity index (χ4v) is 4.13. The Labute approximate surface area is 145 Å². The van der Waals surface area contributed by atoms with Gasteiger partial charge in [0.2, 0.25) is 11.8 Å². The fourth-order valence-electron chi connectivity index (χ4n) is 4.13. The van der Waals surface area contributed by atoms with Crippen molar-refractivity contribution in [3.05, 3.63) is 42.0 Å². The molecule has 130 valence electrons. The van der Waals surface area contributed by atoms with Crippen LogP contribution in [0, 0.1) is 18.8 Å². The van der Waals surface area contributed by atoms with Gasteiger partial charge >= 0.3 is 0 Å². The minimum absolute atomic E-state index is 0.153. The molecule has 4 heterocycles. The number of hydrogen-bond acceptors (Lipinski definition) is 5. The number of fused-ring (bicyclic) bond motifs is 5. The maximum Gasteiger partial charge on any atom is 0.241 e. The first-order chi connectivity index (χ1) is 12.1. The Morgan fingerprint density at radius 2 is 2.00 bits per heavy atom. The Hall–Kier alpha value is -2.02. The second kappa shape index (κ2) is 5.24. The van der Waals surface area contributed by atoms with Crippen LogP contribution in [0.2, 0.25) is 0 Å². The van der Waals surface area contributed by atoms with Gasteiger partial charge in [-0.1, -0.05) is 29.8 Å². The number of carbonyl (C=O) groups is 2. The van der Waals surface area contributed by atoms with Crippen LogP contribution in [0.3, 0.4) is 0 Å². The van der Waals surface area contributed by atoms with Crippen molar-refractivity contribution in [1.82, 2.24) is 0 Å². The third-order valence-corrected chi connectivity index (χ3v) is 5.48. The van der Waals surface area contributed by atoms with Gasteiger partial charge in [0, 0.05) is 0 Å². The van der Waals surface area contributed by atoms with Crippen LogP contribution < -0.4 is 4.90 Å². The van der Waals surface area contributed by atoms with Gasteiger partial charge in [-0.3, -0.25) is 9.59 Å². The number of hydrogen-bond donors (Lipinski definition) is 0. The van der Waals surface area contributed by atoms with Gasteiger partial charge in [0.05, 0.1) is 43.4 Å². The van der Waals surface area contributed by atoms with Gasteiger partial charge in [0.25, 0.3) is 0 Å². The van der Waals surface area contributed by atoms with Crippen molar-refractivity contribution in [2.75, 3.05) is 24.7 Å². The molecule has 3 saturated heterocycles. The second-order valence-corrected chi connectivity index (χ2v) is 7.22. The first-order valence-electron chi connectivity index (χ1n) is 8.60. The van der Waals surface area contributed by atoms with E-state index in [1.54, 1.807) is 0 Å². The number of carbonyl (C=O) groups excluding carboxylic acids is 2. The molecule has 0 aromatic heterocycles. The standard InChI is InChI=1S/C19H19NO5/c1-11-2-4-12(5-3-11)20-17(21)15-14-6-7-19(25-14,16(15)18(20)22)10-23-8-13-9-24-13/h2-7,13-16H,8-10H2,1H3/t13-,14-,15-,16+,19-/m0/s1. The number of imide groups is 1. The maximum atomic E-state index is 13.1. The zero-order valence-corrected chi connectivity index (χ0v) is 13.9. The van der Waals surface area contributed by atoms with Crippen molar-refractivity contribution >= 4 is 17.5 Å². The first kappa shape index (κ1) is 15.3. The minimum atomic E-state index is -0.837. The molecule has 25 heavy (non-hydrogen) atoms. The lowest BCUT2D eigenvalue weighted by Gasteiger charge is -2.28. The normalized spacial score (nSPS) is 37.9. The lowest BCUT2D eigenvalue weighted by Crippen LogP contribution is -2.44. The smallest absolute Gasteiger partial charge is 0.241 e. The number of amides is 2. The summed E-state index contributed by atoms with van der Waals surface area (Å²) in [5.74, 6) is -1.35. The van der Waals surface area contributed by atoms with E-state index >= 15 is 0 Å². The maximum absolute atomic E-state index is 13.1. The molecule has 0 radical (unpaired) electrons. The molecule has 2 bridgehead atoms. The number of aryl methyl sites for hydroxylation is 1. The molecule has 4 aliphatic rings. The minimum Gasteiger partial charge on any atom is -0.375 e. The van der Waals surface area contributed by atoms with Crippen molar-refractivity contribution in [2.45, 2.75) is 24.7 Å². The van der Waals surface area contributed by atoms with Crippen LogP contribution in [0.1, 0.15) is 5.56 Å². The SMILES string of the molecule is Cc1ccc(N2C(=O)[C@H]3[C@@H]4C=C[C@@](COC[C@H]5CO5)(O4)[C@H]3C2=O)cc1. The van der Waals surface area contributed by atoms with Gasteiger partial charge in [-0.2, -0.15) is 0 Å². The van der Waals surface area contributed by atoms with E-state index in [9.17, 15) is 9.59 Å². The quantitative estimate of drug-likeness (QED) is 0.458. The number of rotatable bonds is 5. The summed E-state index contributed by atoms with van der Waals surface area (Å²) in [5.41, 5.74) is 0.869. The van der Waals surface area contributed by atoms with E-state index in [4.69, 9.17) is 14.2 Å². The average Bonchev–Trinajstić information content (AvgIpc) is 3.15. The van der Waals surface area contributed by atoms with Crippen molar-refractivity contribution in [3.63, 3.8) is 0 Å². The predicted molar refractivity (Wildman–Crippen MR) is 88.0 cm³/mol. The lowest BCUT2D eigenvalue weighted by atomic mass is 9.77. The molecular weight excluding hydrogens is 322 g/mol. The van der Waals surface area contributed by atoms with E-state index in [0.717, 1.165) is 12.2 Å². The van der Waals surface area contributed by atoms with Crippen LogP contribution in [0.4, 0.5) is 5.69 Å². The topological polar surface area (TPSA) is 68.4 Å². The fraction of sp³-hybridized carbons (Fsp3) is 0.474. The van der Waals surface area contributed by atoms with Crippen molar-refractivity contribution < 1.29 is 23.8 Å². The van der Waals surface area contributed by atoms with Crippen molar-refractivity contribution in [1.29, 1.82) is 0 Å². The third kappa shape index (κ3) is 2.21. The zero-order valence-electron chi connectivity index (χ0n) is 13.9. The molecule has 6 nitrogen and oxygen atoms in total. The van der Waals surface area contributed by atoms with Crippen molar-refractivity contribution in [3.8, 4) is 0 Å². The molecule has 2 amide bonds. The summed E-state index contributed by atoms with van der Waals surface area (Å²) in [7, 11) is 0. The highest BCUT2D eigenvalue weighted by Gasteiger charge is 2.67. The van der Waals surface area contributed by atoms with Gasteiger partial charge in [-0.25, -0.2) is 4.90 Å². The summed E-state index contributed by atoms with van der Waals surface area (Å²) in [6.07, 6.45) is 3.59. The van der Waals surface area contributed by atoms with Crippen LogP contribution in [0.5, 0.6) is 0 Å². The number of anilines is 1. The Balaban J connectivity index is 1.43. The van der Waals surface area contributed by atoms with Gasteiger partial charge in [0.1, 0.15) is 11.7 Å². The molecule has 3 fully saturated rings. The van der Waals surface area contributed by atoms with Crippen LogP contribution in [0.25, 0.3) is 0 Å². The Kier molecular flexibility index (Phi) is 3.20. The van der Waals surface area contributed by atoms with E-state index in [-0.39, 0.29) is 30.6 Å². The zero-order chi connectivity index (χ0) is 17.2. The Morgan fingerprint density at radius 1 is 1.24 bits per heavy atom. The number of ether oxygens (including phenoxy) is 3. The summed E-state index contributed by atoms with van der Waals surface area (Å²) in [6, 6.07) is 7.44. The largest absolute Gasteiger partial charge is 0.375 e. The molecule has 0 spiro atoms. The number of epoxide rings is 1. The van der Waals surface area contributed by atoms with E-state index in [0.29, 0.717) is 12.3 Å². The molecule has 1 aromatic carbocycles. The molecule has 4 aliphatic heterocycles. The highest BCUT2D eigenvalue weighted by molar-refractivity contribution is 6.23. The van der Waals surface area contributed by atoms with Gasteiger partial charge in [-0.05, 0) is 19.1 Å². The number of benzene rings is 1. The average molecular weight is 341 g/mol. The Morgan fingerprint density at radius 3 is 2.72 bits per heavy atom. The second-order valence-electron chi connectivity index (χ2n) is 7.22. The van der Waals surface area contributed by atoms with E-state index in [2.05, 4.69) is 0 Å². The summed E-state index contributed by atoms with van der Waals surface area (Å²) in [4.78, 5) is 27.4. The summed E-state index contributed by atoms with van der Waals surface area (Å²) in [6.45, 7) is 3.45. The summed E-state index contributed by atoms with van der Waals surface area (Å²) in [5, 5.41) is 0. The number of nitrogens with zero attached hydrogens (tertiary/aromatic N) is 1. The summed E-state index contributed by atoms with van der Waals surface area (Å²) < 4.78 is 16.9. The molecule has 0 unspecified atom stereocenters. The molecule has 0 aliphatic carbocycles. The molecular formula is C19H19NO5. The lowest BCUT2D eigenvalue weighted by molar-refractivity contribution is -0.129. The van der Waals surface area contributed by atoms with Crippen LogP contribution in [-0.4, -0.2) is 49.4 Å². The van der Waals surface area contributed by atoms with Crippen molar-refractivity contribution in [2.24, 2.45) is 11.8 Å². The molecule has 6 heteroatoms. The van der Waals surface area contributed by atoms with Gasteiger partial charge in [0.15, 0.2) is 0 Å². The molecule has 5 rings (SSSR count). The van der Waals surface area contributed by atoms with E-state index in [1.165, 1.54) is 4.90 Å². The van der Waals surface area contributed by atoms with E-state index < -0.39 is 17.4 Å². The van der Waals surface area contributed by atoms with E-state index in [1.807, 2.05) is 43.3 Å². The molecule has 0 N–H and O–H groups in total. The molecule has 5 atom stereocenters. The van der Waals surface area contributed by atoms with Crippen LogP contribution in [-0.2, 0) is 23.8 Å². The monoisotopic (exact) mass is 341 g/mol. The predicted octanol–water partition coefficient (Wildman–Crippen LogP) is 1.22. The molecule has 1 aromatic rings. The Bertz CT molecular complexity index is 769. The third-order valence-electron chi connectivity index (χ3n) is 5.48. The van der Waals surface area contributed by atoms with Crippen LogP contribution in [0.15, 0.2) is 36.4 Å². The molecule has 0 saturated carbocycles. The highest BCUT2D eigenvalue weighted by atomic mass is 16.6. The van der Waals surface area contributed by atoms with Crippen LogP contribution >= 0.6 is 0 Å². The van der Waals surface area contributed by atoms with Gasteiger partial charge < -0.3 is 14.2 Å².